The Morgan fingerprint density at radius 3 is 2.36 bits per heavy atom. The number of nitrogens with zero attached hydrogens (tertiary/aromatic N) is 2. The van der Waals surface area contributed by atoms with Gasteiger partial charge < -0.3 is 14.5 Å². The van der Waals surface area contributed by atoms with Gasteiger partial charge in [0.2, 0.25) is 5.91 Å². The predicted octanol–water partition coefficient (Wildman–Crippen LogP) is 3.42. The minimum Gasteiger partial charge on any atom is -0.493 e. The number of carbonyl (C=O) groups excluding carboxylic acids is 1. The molecule has 4 heteroatoms. The third-order valence-corrected chi connectivity index (χ3v) is 4.82. The Hall–Kier alpha value is -2.49. The summed E-state index contributed by atoms with van der Waals surface area (Å²) in [5, 5.41) is 0. The maximum atomic E-state index is 12.4. The molecule has 1 aliphatic rings. The number of para-hydroxylation sites is 1. The van der Waals surface area contributed by atoms with Gasteiger partial charge in [-0.05, 0) is 49.2 Å². The maximum Gasteiger partial charge on any atom is 0.226 e. The fourth-order valence-corrected chi connectivity index (χ4v) is 3.07. The van der Waals surface area contributed by atoms with Crippen molar-refractivity contribution in [3.05, 3.63) is 59.7 Å². The highest BCUT2D eigenvalue weighted by Crippen LogP contribution is 2.20. The van der Waals surface area contributed by atoms with Crippen LogP contribution in [0.1, 0.15) is 17.5 Å². The second-order valence-electron chi connectivity index (χ2n) is 6.55. The van der Waals surface area contributed by atoms with Crippen LogP contribution in [0.5, 0.6) is 5.75 Å². The lowest BCUT2D eigenvalue weighted by molar-refractivity contribution is -0.132. The van der Waals surface area contributed by atoms with Crippen LogP contribution in [0.4, 0.5) is 5.69 Å². The van der Waals surface area contributed by atoms with E-state index < -0.39 is 0 Å². The molecule has 3 rings (SSSR count). The van der Waals surface area contributed by atoms with Crippen LogP contribution in [-0.2, 0) is 4.79 Å². The van der Waals surface area contributed by atoms with Gasteiger partial charge in [-0.3, -0.25) is 4.79 Å². The van der Waals surface area contributed by atoms with Gasteiger partial charge in [-0.2, -0.15) is 0 Å². The Balaban J connectivity index is 1.45. The molecule has 1 saturated heterocycles. The zero-order valence-electron chi connectivity index (χ0n) is 15.1. The van der Waals surface area contributed by atoms with Crippen LogP contribution in [0.3, 0.4) is 0 Å². The zero-order chi connectivity index (χ0) is 17.6. The van der Waals surface area contributed by atoms with Crippen LogP contribution in [0, 0.1) is 13.8 Å². The molecule has 1 amide bonds. The van der Waals surface area contributed by atoms with Gasteiger partial charge in [-0.1, -0.05) is 24.3 Å². The normalized spacial score (nSPS) is 14.5. The fourth-order valence-electron chi connectivity index (χ4n) is 3.07. The first-order valence-corrected chi connectivity index (χ1v) is 8.91. The Morgan fingerprint density at radius 1 is 0.960 bits per heavy atom. The first kappa shape index (κ1) is 17.3. The monoisotopic (exact) mass is 338 g/mol. The third-order valence-electron chi connectivity index (χ3n) is 4.82. The summed E-state index contributed by atoms with van der Waals surface area (Å²) in [6, 6.07) is 16.2. The van der Waals surface area contributed by atoms with Crippen molar-refractivity contribution in [2.24, 2.45) is 0 Å². The summed E-state index contributed by atoms with van der Waals surface area (Å²) in [4.78, 5) is 16.7. The van der Waals surface area contributed by atoms with Gasteiger partial charge in [0.05, 0.1) is 13.0 Å². The van der Waals surface area contributed by atoms with Gasteiger partial charge >= 0.3 is 0 Å². The van der Waals surface area contributed by atoms with Crippen molar-refractivity contribution in [1.82, 2.24) is 4.90 Å². The van der Waals surface area contributed by atoms with Crippen LogP contribution in [-0.4, -0.2) is 43.6 Å². The van der Waals surface area contributed by atoms with E-state index >= 15 is 0 Å². The highest BCUT2D eigenvalue weighted by atomic mass is 16.5. The average molecular weight is 338 g/mol. The van der Waals surface area contributed by atoms with Crippen molar-refractivity contribution in [3.63, 3.8) is 0 Å². The van der Waals surface area contributed by atoms with Crippen LogP contribution in [0.25, 0.3) is 0 Å². The maximum absolute atomic E-state index is 12.4. The number of aryl methyl sites for hydroxylation is 2. The molecule has 132 valence electrons. The standard InChI is InChI=1S/C21H26N2O2/c1-17-8-9-19(16-18(17)2)22-11-13-23(14-12-22)21(24)10-15-25-20-6-4-3-5-7-20/h3-9,16H,10-15H2,1-2H3. The molecule has 0 atom stereocenters. The Bertz CT molecular complexity index is 707. The lowest BCUT2D eigenvalue weighted by Crippen LogP contribution is -2.49. The first-order chi connectivity index (χ1) is 12.1. The lowest BCUT2D eigenvalue weighted by Gasteiger charge is -2.36. The van der Waals surface area contributed by atoms with Crippen molar-refractivity contribution in [3.8, 4) is 5.75 Å². The molecule has 0 N–H and O–H groups in total. The summed E-state index contributed by atoms with van der Waals surface area (Å²) >= 11 is 0. The van der Waals surface area contributed by atoms with E-state index in [1.54, 1.807) is 0 Å². The van der Waals surface area contributed by atoms with Crippen LogP contribution < -0.4 is 9.64 Å². The first-order valence-electron chi connectivity index (χ1n) is 8.91. The van der Waals surface area contributed by atoms with Crippen molar-refractivity contribution >= 4 is 11.6 Å². The number of amides is 1. The molecule has 4 nitrogen and oxygen atoms in total. The van der Waals surface area contributed by atoms with Gasteiger partial charge in [0.1, 0.15) is 5.75 Å². The quantitative estimate of drug-likeness (QED) is 0.837. The molecular weight excluding hydrogens is 312 g/mol. The van der Waals surface area contributed by atoms with E-state index in [2.05, 4.69) is 36.9 Å². The topological polar surface area (TPSA) is 32.8 Å². The second-order valence-corrected chi connectivity index (χ2v) is 6.55. The van der Waals surface area contributed by atoms with Crippen LogP contribution >= 0.6 is 0 Å². The molecule has 0 aliphatic carbocycles. The number of anilines is 1. The molecule has 0 aromatic heterocycles. The summed E-state index contributed by atoms with van der Waals surface area (Å²) < 4.78 is 5.62. The van der Waals surface area contributed by atoms with Crippen LogP contribution in [0.15, 0.2) is 48.5 Å². The Morgan fingerprint density at radius 2 is 1.68 bits per heavy atom. The third kappa shape index (κ3) is 4.53. The fraction of sp³-hybridized carbons (Fsp3) is 0.381. The molecule has 2 aromatic carbocycles. The van der Waals surface area contributed by atoms with Crippen molar-refractivity contribution < 1.29 is 9.53 Å². The number of ether oxygens (including phenoxy) is 1. The van der Waals surface area contributed by atoms with Gasteiger partial charge in [-0.25, -0.2) is 0 Å². The van der Waals surface area contributed by atoms with Crippen molar-refractivity contribution in [2.45, 2.75) is 20.3 Å². The van der Waals surface area contributed by atoms with E-state index in [4.69, 9.17) is 4.74 Å². The van der Waals surface area contributed by atoms with Crippen molar-refractivity contribution in [2.75, 3.05) is 37.7 Å². The van der Waals surface area contributed by atoms with Gasteiger partial charge in [0, 0.05) is 31.9 Å². The summed E-state index contributed by atoms with van der Waals surface area (Å²) in [7, 11) is 0. The van der Waals surface area contributed by atoms with E-state index in [-0.39, 0.29) is 5.91 Å². The smallest absolute Gasteiger partial charge is 0.226 e. The van der Waals surface area contributed by atoms with Gasteiger partial charge in [0.15, 0.2) is 0 Å². The average Bonchev–Trinajstić information content (AvgIpc) is 2.65. The van der Waals surface area contributed by atoms with E-state index in [0.717, 1.165) is 31.9 Å². The highest BCUT2D eigenvalue weighted by Gasteiger charge is 2.21. The molecule has 0 bridgehead atoms. The summed E-state index contributed by atoms with van der Waals surface area (Å²) in [6.07, 6.45) is 0.429. The molecule has 0 spiro atoms. The predicted molar refractivity (Wildman–Crippen MR) is 101 cm³/mol. The van der Waals surface area contributed by atoms with E-state index in [1.807, 2.05) is 35.2 Å². The minimum atomic E-state index is 0.177. The summed E-state index contributed by atoms with van der Waals surface area (Å²) in [5.41, 5.74) is 3.88. The minimum absolute atomic E-state index is 0.177. The number of hydrogen-bond acceptors (Lipinski definition) is 3. The molecule has 0 unspecified atom stereocenters. The molecular formula is C21H26N2O2. The van der Waals surface area contributed by atoms with E-state index in [1.165, 1.54) is 16.8 Å². The van der Waals surface area contributed by atoms with Gasteiger partial charge in [-0.15, -0.1) is 0 Å². The molecule has 0 radical (unpaired) electrons. The second kappa shape index (κ2) is 8.06. The number of piperazine rings is 1. The lowest BCUT2D eigenvalue weighted by atomic mass is 10.1. The molecule has 2 aromatic rings. The largest absolute Gasteiger partial charge is 0.493 e. The summed E-state index contributed by atoms with van der Waals surface area (Å²) in [5.74, 6) is 0.991. The molecule has 1 fully saturated rings. The molecule has 0 saturated carbocycles. The van der Waals surface area contributed by atoms with Crippen molar-refractivity contribution in [1.29, 1.82) is 0 Å². The van der Waals surface area contributed by atoms with Crippen LogP contribution in [0.2, 0.25) is 0 Å². The van der Waals surface area contributed by atoms with E-state index in [0.29, 0.717) is 13.0 Å². The number of carbonyl (C=O) groups is 1. The van der Waals surface area contributed by atoms with E-state index in [9.17, 15) is 4.79 Å². The molecule has 1 heterocycles. The number of hydrogen-bond donors (Lipinski definition) is 0. The number of rotatable bonds is 5. The zero-order valence-corrected chi connectivity index (χ0v) is 15.1. The number of benzene rings is 2. The molecule has 1 aliphatic heterocycles. The Kier molecular flexibility index (Phi) is 5.59. The molecule has 25 heavy (non-hydrogen) atoms. The SMILES string of the molecule is Cc1ccc(N2CCN(C(=O)CCOc3ccccc3)CC2)cc1C. The highest BCUT2D eigenvalue weighted by molar-refractivity contribution is 5.76. The Labute approximate surface area is 150 Å². The van der Waals surface area contributed by atoms with Gasteiger partial charge in [0.25, 0.3) is 0 Å². The summed E-state index contributed by atoms with van der Waals surface area (Å²) in [6.45, 7) is 8.02.